The first-order valence-electron chi connectivity index (χ1n) is 9.74. The molecule has 0 saturated heterocycles. The maximum atomic E-state index is 14.8. The molecule has 0 amide bonds. The Morgan fingerprint density at radius 3 is 2.68 bits per heavy atom. The number of hydrogen-bond donors (Lipinski definition) is 2. The van der Waals surface area contributed by atoms with Crippen molar-refractivity contribution in [2.24, 2.45) is 10.7 Å². The molecule has 1 aliphatic heterocycles. The van der Waals surface area contributed by atoms with E-state index in [0.29, 0.717) is 28.3 Å². The average Bonchev–Trinajstić information content (AvgIpc) is 2.73. The molecule has 3 aromatic rings. The molecule has 2 aromatic heterocycles. The fraction of sp³-hybridized carbons (Fsp3) is 0.318. The fourth-order valence-corrected chi connectivity index (χ4v) is 4.89. The number of ether oxygens (including phenoxy) is 1. The monoisotopic (exact) mass is 441 g/mol. The van der Waals surface area contributed by atoms with E-state index in [1.54, 1.807) is 52.4 Å². The van der Waals surface area contributed by atoms with E-state index in [1.165, 1.54) is 6.07 Å². The van der Waals surface area contributed by atoms with Gasteiger partial charge in [-0.1, -0.05) is 0 Å². The second-order valence-electron chi connectivity index (χ2n) is 8.20. The molecule has 0 bridgehead atoms. The zero-order valence-electron chi connectivity index (χ0n) is 17.8. The molecule has 0 radical (unpaired) electrons. The number of halogens is 1. The van der Waals surface area contributed by atoms with Crippen LogP contribution in [0.5, 0.6) is 5.75 Å². The largest absolute Gasteiger partial charge is 0.495 e. The van der Waals surface area contributed by atoms with E-state index in [2.05, 4.69) is 20.3 Å². The summed E-state index contributed by atoms with van der Waals surface area (Å²) < 4.78 is 32.1. The molecule has 162 valence electrons. The summed E-state index contributed by atoms with van der Waals surface area (Å²) in [6.07, 6.45) is 3.28. The second-order valence-corrected chi connectivity index (χ2v) is 10.2. The van der Waals surface area contributed by atoms with Crippen molar-refractivity contribution in [2.75, 3.05) is 18.2 Å². The molecule has 9 heteroatoms. The molecule has 0 spiro atoms. The number of anilines is 2. The van der Waals surface area contributed by atoms with Crippen LogP contribution < -0.4 is 15.8 Å². The summed E-state index contributed by atoms with van der Waals surface area (Å²) >= 11 is 0. The molecule has 3 heterocycles. The number of pyridine rings is 2. The lowest BCUT2D eigenvalue weighted by Crippen LogP contribution is -2.52. The third-order valence-corrected chi connectivity index (χ3v) is 7.76. The van der Waals surface area contributed by atoms with Crippen LogP contribution in [0.1, 0.15) is 26.3 Å². The van der Waals surface area contributed by atoms with Crippen molar-refractivity contribution in [3.8, 4) is 5.75 Å². The van der Waals surface area contributed by atoms with Gasteiger partial charge < -0.3 is 15.8 Å². The van der Waals surface area contributed by atoms with Crippen LogP contribution in [-0.4, -0.2) is 37.6 Å². The van der Waals surface area contributed by atoms with Gasteiger partial charge in [-0.15, -0.1) is 0 Å². The van der Waals surface area contributed by atoms with Crippen LogP contribution in [0, 0.1) is 5.82 Å². The Labute approximate surface area is 182 Å². The highest BCUT2D eigenvalue weighted by molar-refractivity contribution is 7.87. The van der Waals surface area contributed by atoms with Crippen molar-refractivity contribution in [2.45, 2.75) is 31.1 Å². The molecule has 0 saturated carbocycles. The van der Waals surface area contributed by atoms with E-state index in [9.17, 15) is 8.60 Å². The first-order chi connectivity index (χ1) is 14.6. The van der Waals surface area contributed by atoms with Gasteiger partial charge >= 0.3 is 0 Å². The number of fused-ring (bicyclic) bond motifs is 1. The zero-order valence-corrected chi connectivity index (χ0v) is 18.6. The average molecular weight is 442 g/mol. The normalized spacial score (nSPS) is 22.7. The Bertz CT molecular complexity index is 1230. The molecule has 3 N–H and O–H groups in total. The predicted octanol–water partition coefficient (Wildman–Crippen LogP) is 3.63. The standard InChI is InChI=1S/C22H24FN5O2S/c1-21(2)20(24)28-22(3,12-31(21)29)16-10-14(5-6-17(16)23)27-19-18-13(7-8-25-19)9-15(30-4)11-26-18/h5-11H,12H2,1-4H3,(H2,24,28)(H,25,27)/t22-,31-/m0/s1. The van der Waals surface area contributed by atoms with Crippen molar-refractivity contribution in [3.05, 3.63) is 54.1 Å². The quantitative estimate of drug-likeness (QED) is 0.641. The number of aliphatic imine (C=N–C) groups is 1. The summed E-state index contributed by atoms with van der Waals surface area (Å²) in [6, 6.07) is 8.33. The molecule has 2 atom stereocenters. The van der Waals surface area contributed by atoms with Crippen molar-refractivity contribution >= 4 is 39.0 Å². The maximum absolute atomic E-state index is 14.8. The topological polar surface area (TPSA) is 102 Å². The smallest absolute Gasteiger partial charge is 0.156 e. The van der Waals surface area contributed by atoms with Crippen LogP contribution in [0.3, 0.4) is 0 Å². The summed E-state index contributed by atoms with van der Waals surface area (Å²) in [7, 11) is 0.280. The first-order valence-corrected chi connectivity index (χ1v) is 11.1. The number of nitrogens with two attached hydrogens (primary N) is 1. The van der Waals surface area contributed by atoms with Crippen LogP contribution in [0.2, 0.25) is 0 Å². The lowest BCUT2D eigenvalue weighted by molar-refractivity contribution is 0.414. The summed E-state index contributed by atoms with van der Waals surface area (Å²) in [4.78, 5) is 13.4. The van der Waals surface area contributed by atoms with Crippen LogP contribution in [-0.2, 0) is 16.3 Å². The number of nitrogens with zero attached hydrogens (tertiary/aromatic N) is 3. The first kappa shape index (κ1) is 21.2. The van der Waals surface area contributed by atoms with Gasteiger partial charge in [0.2, 0.25) is 0 Å². The SMILES string of the molecule is COc1cnc2c(Nc3ccc(F)c([C@]4(C)C[S@](=O)C(C)(C)C(N)=N4)c3)nccc2c1. The number of benzene rings is 1. The Hall–Kier alpha value is -3.07. The van der Waals surface area contributed by atoms with Gasteiger partial charge in [0.15, 0.2) is 5.82 Å². The molecule has 1 aromatic carbocycles. The number of hydrogen-bond acceptors (Lipinski definition) is 7. The lowest BCUT2D eigenvalue weighted by atomic mass is 9.92. The summed E-state index contributed by atoms with van der Waals surface area (Å²) in [5.41, 5.74) is 6.65. The van der Waals surface area contributed by atoms with E-state index < -0.39 is 26.9 Å². The third-order valence-electron chi connectivity index (χ3n) is 5.58. The highest BCUT2D eigenvalue weighted by atomic mass is 32.2. The van der Waals surface area contributed by atoms with E-state index in [-0.39, 0.29) is 11.6 Å². The van der Waals surface area contributed by atoms with Gasteiger partial charge in [-0.25, -0.2) is 14.4 Å². The van der Waals surface area contributed by atoms with E-state index in [4.69, 9.17) is 10.5 Å². The van der Waals surface area contributed by atoms with Crippen LogP contribution in [0.15, 0.2) is 47.7 Å². The van der Waals surface area contributed by atoms with Gasteiger partial charge in [0.25, 0.3) is 0 Å². The molecular formula is C22H24FN5O2S. The minimum absolute atomic E-state index is 0.176. The summed E-state index contributed by atoms with van der Waals surface area (Å²) in [5, 5.41) is 4.07. The van der Waals surface area contributed by atoms with Crippen molar-refractivity contribution < 1.29 is 13.3 Å². The molecule has 4 rings (SSSR count). The Morgan fingerprint density at radius 1 is 1.19 bits per heavy atom. The number of methoxy groups -OCH3 is 1. The third kappa shape index (κ3) is 3.74. The molecule has 0 aliphatic carbocycles. The van der Waals surface area contributed by atoms with Crippen molar-refractivity contribution in [1.29, 1.82) is 0 Å². The molecule has 0 fully saturated rings. The van der Waals surface area contributed by atoms with E-state index in [1.807, 2.05) is 12.1 Å². The zero-order chi connectivity index (χ0) is 22.4. The van der Waals surface area contributed by atoms with Crippen LogP contribution in [0.25, 0.3) is 10.9 Å². The predicted molar refractivity (Wildman–Crippen MR) is 122 cm³/mol. The molecular weight excluding hydrogens is 417 g/mol. The van der Waals surface area contributed by atoms with Gasteiger partial charge in [-0.3, -0.25) is 9.20 Å². The van der Waals surface area contributed by atoms with Gasteiger partial charge in [0.05, 0.1) is 29.3 Å². The summed E-state index contributed by atoms with van der Waals surface area (Å²) in [6.45, 7) is 5.31. The van der Waals surface area contributed by atoms with Crippen molar-refractivity contribution in [3.63, 3.8) is 0 Å². The number of amidine groups is 1. The molecule has 0 unspecified atom stereocenters. The Morgan fingerprint density at radius 2 is 1.97 bits per heavy atom. The highest BCUT2D eigenvalue weighted by Crippen LogP contribution is 2.37. The minimum atomic E-state index is -1.30. The van der Waals surface area contributed by atoms with Crippen LogP contribution in [0.4, 0.5) is 15.9 Å². The van der Waals surface area contributed by atoms with E-state index >= 15 is 0 Å². The van der Waals surface area contributed by atoms with Gasteiger partial charge in [0, 0.05) is 33.6 Å². The number of nitrogens with one attached hydrogen (secondary N) is 1. The summed E-state index contributed by atoms with van der Waals surface area (Å²) in [5.74, 6) is 1.17. The minimum Gasteiger partial charge on any atom is -0.495 e. The molecule has 7 nitrogen and oxygen atoms in total. The Balaban J connectivity index is 1.74. The number of aromatic nitrogens is 2. The maximum Gasteiger partial charge on any atom is 0.156 e. The Kier molecular flexibility index (Phi) is 5.17. The van der Waals surface area contributed by atoms with Gasteiger partial charge in [0.1, 0.15) is 22.9 Å². The van der Waals surface area contributed by atoms with Gasteiger partial charge in [-0.2, -0.15) is 0 Å². The highest BCUT2D eigenvalue weighted by Gasteiger charge is 2.44. The van der Waals surface area contributed by atoms with Gasteiger partial charge in [-0.05, 0) is 51.1 Å². The van der Waals surface area contributed by atoms with E-state index in [0.717, 1.165) is 5.39 Å². The number of rotatable bonds is 4. The van der Waals surface area contributed by atoms with Crippen molar-refractivity contribution in [1.82, 2.24) is 9.97 Å². The molecule has 31 heavy (non-hydrogen) atoms. The second kappa shape index (κ2) is 7.56. The lowest BCUT2D eigenvalue weighted by Gasteiger charge is -2.37. The fourth-order valence-electron chi connectivity index (χ4n) is 3.52. The molecule has 1 aliphatic rings. The van der Waals surface area contributed by atoms with Crippen LogP contribution >= 0.6 is 0 Å².